The van der Waals surface area contributed by atoms with E-state index in [-0.39, 0.29) is 23.2 Å². The third-order valence-corrected chi connectivity index (χ3v) is 8.68. The van der Waals surface area contributed by atoms with E-state index in [1.807, 2.05) is 26.2 Å². The lowest BCUT2D eigenvalue weighted by molar-refractivity contribution is 0.0986. The maximum Gasteiger partial charge on any atom is 0.260 e. The van der Waals surface area contributed by atoms with Crippen molar-refractivity contribution >= 4 is 66.6 Å². The number of sulfonamides is 1. The van der Waals surface area contributed by atoms with Crippen molar-refractivity contribution in [3.63, 3.8) is 0 Å². The molecule has 3 aromatic rings. The topological polar surface area (TPSA) is 73.8 Å². The highest BCUT2D eigenvalue weighted by Gasteiger charge is 2.24. The number of hydrogen-bond acceptors (Lipinski definition) is 6. The molecule has 34 heavy (non-hydrogen) atoms. The molecule has 0 N–H and O–H groups in total. The predicted molar refractivity (Wildman–Crippen MR) is 143 cm³/mol. The molecule has 0 spiro atoms. The van der Waals surface area contributed by atoms with Crippen molar-refractivity contribution in [1.82, 2.24) is 14.2 Å². The normalized spacial score (nSPS) is 11.7. The molecule has 0 fully saturated rings. The van der Waals surface area contributed by atoms with Gasteiger partial charge in [0.2, 0.25) is 10.0 Å². The molecule has 3 rings (SSSR count). The number of amides is 1. The first-order valence-electron chi connectivity index (χ1n) is 10.8. The van der Waals surface area contributed by atoms with Gasteiger partial charge in [-0.25, -0.2) is 13.4 Å². The summed E-state index contributed by atoms with van der Waals surface area (Å²) in [7, 11) is 0.386. The van der Waals surface area contributed by atoms with Crippen LogP contribution in [0, 0.1) is 0 Å². The van der Waals surface area contributed by atoms with E-state index in [0.717, 1.165) is 17.7 Å². The highest BCUT2D eigenvalue weighted by molar-refractivity contribution is 7.89. The molecule has 1 amide bonds. The summed E-state index contributed by atoms with van der Waals surface area (Å²) < 4.78 is 27.8. The van der Waals surface area contributed by atoms with Gasteiger partial charge in [-0.2, -0.15) is 4.31 Å². The van der Waals surface area contributed by atoms with Gasteiger partial charge in [-0.05, 0) is 63.5 Å². The fraction of sp³-hybridized carbons (Fsp3) is 0.391. The minimum atomic E-state index is -3.58. The van der Waals surface area contributed by atoms with E-state index in [9.17, 15) is 13.2 Å². The van der Waals surface area contributed by atoms with Crippen molar-refractivity contribution in [2.75, 3.05) is 45.2 Å². The number of anilines is 1. The van der Waals surface area contributed by atoms with Crippen molar-refractivity contribution in [2.45, 2.75) is 25.2 Å². The zero-order chi connectivity index (χ0) is 24.2. The van der Waals surface area contributed by atoms with Crippen molar-refractivity contribution in [3.05, 3.63) is 53.1 Å². The molecule has 11 heteroatoms. The van der Waals surface area contributed by atoms with Gasteiger partial charge in [-0.1, -0.05) is 42.9 Å². The number of fused-ring (bicyclic) bond motifs is 1. The Labute approximate surface area is 216 Å². The third-order valence-electron chi connectivity index (χ3n) is 5.27. The van der Waals surface area contributed by atoms with E-state index in [0.29, 0.717) is 40.9 Å². The van der Waals surface area contributed by atoms with Gasteiger partial charge in [-0.15, -0.1) is 12.4 Å². The summed E-state index contributed by atoms with van der Waals surface area (Å²) in [5.74, 6) is -0.226. The lowest BCUT2D eigenvalue weighted by atomic mass is 10.2. The standard InChI is InChI=1S/C23H29ClN4O3S2.ClH/c1-5-27(6-2)33(30,31)18-13-11-17(12-14-18)22(29)28(16-8-15-26(3)4)23-25-21-19(24)9-7-10-20(21)32-23;/h7,9-14H,5-6,8,15-16H2,1-4H3;1H. The Morgan fingerprint density at radius 1 is 1.03 bits per heavy atom. The lowest BCUT2D eigenvalue weighted by Gasteiger charge is -2.22. The van der Waals surface area contributed by atoms with Crippen LogP contribution in [-0.2, 0) is 10.0 Å². The monoisotopic (exact) mass is 544 g/mol. The molecule has 0 radical (unpaired) electrons. The fourth-order valence-corrected chi connectivity index (χ4v) is 6.23. The SMILES string of the molecule is CCN(CC)S(=O)(=O)c1ccc(C(=O)N(CCCN(C)C)c2nc3c(Cl)cccc3s2)cc1.Cl. The number of nitrogens with zero attached hydrogens (tertiary/aromatic N) is 4. The molecule has 0 aliphatic carbocycles. The summed E-state index contributed by atoms with van der Waals surface area (Å²) in [6.07, 6.45) is 0.761. The smallest absolute Gasteiger partial charge is 0.260 e. The van der Waals surface area contributed by atoms with Crippen LogP contribution in [0.25, 0.3) is 10.2 Å². The van der Waals surface area contributed by atoms with Crippen LogP contribution in [0.2, 0.25) is 5.02 Å². The van der Waals surface area contributed by atoms with Crippen molar-refractivity contribution in [2.24, 2.45) is 0 Å². The highest BCUT2D eigenvalue weighted by atomic mass is 35.5. The van der Waals surface area contributed by atoms with E-state index in [1.54, 1.807) is 36.9 Å². The number of carbonyl (C=O) groups excluding carboxylic acids is 1. The molecule has 0 aliphatic heterocycles. The lowest BCUT2D eigenvalue weighted by Crippen LogP contribution is -2.33. The van der Waals surface area contributed by atoms with E-state index < -0.39 is 10.0 Å². The van der Waals surface area contributed by atoms with Gasteiger partial charge < -0.3 is 4.90 Å². The van der Waals surface area contributed by atoms with Crippen LogP contribution in [0.1, 0.15) is 30.6 Å². The van der Waals surface area contributed by atoms with E-state index >= 15 is 0 Å². The summed E-state index contributed by atoms with van der Waals surface area (Å²) >= 11 is 7.71. The van der Waals surface area contributed by atoms with Gasteiger partial charge in [0.1, 0.15) is 5.52 Å². The van der Waals surface area contributed by atoms with Gasteiger partial charge in [0.15, 0.2) is 5.13 Å². The number of hydrogen-bond donors (Lipinski definition) is 0. The van der Waals surface area contributed by atoms with Crippen LogP contribution in [0.4, 0.5) is 5.13 Å². The molecular formula is C23H30Cl2N4O3S2. The second kappa shape index (κ2) is 12.3. The average Bonchev–Trinajstić information content (AvgIpc) is 3.22. The molecule has 0 atom stereocenters. The molecule has 1 heterocycles. The molecular weight excluding hydrogens is 515 g/mol. The Morgan fingerprint density at radius 3 is 2.24 bits per heavy atom. The summed E-state index contributed by atoms with van der Waals surface area (Å²) in [6, 6.07) is 11.7. The van der Waals surface area contributed by atoms with Gasteiger partial charge in [0.25, 0.3) is 5.91 Å². The predicted octanol–water partition coefficient (Wildman–Crippen LogP) is 5.00. The molecule has 186 valence electrons. The van der Waals surface area contributed by atoms with Gasteiger partial charge >= 0.3 is 0 Å². The van der Waals surface area contributed by atoms with Gasteiger partial charge in [0.05, 0.1) is 14.6 Å². The molecule has 2 aromatic carbocycles. The Balaban J connectivity index is 0.00000408. The van der Waals surface area contributed by atoms with Crippen molar-refractivity contribution in [1.29, 1.82) is 0 Å². The number of aromatic nitrogens is 1. The third kappa shape index (κ3) is 6.27. The fourth-order valence-electron chi connectivity index (χ4n) is 3.49. The highest BCUT2D eigenvalue weighted by Crippen LogP contribution is 2.33. The molecule has 0 saturated carbocycles. The molecule has 0 aliphatic rings. The quantitative estimate of drug-likeness (QED) is 0.359. The molecule has 0 saturated heterocycles. The Morgan fingerprint density at radius 2 is 1.68 bits per heavy atom. The van der Waals surface area contributed by atoms with Crippen molar-refractivity contribution < 1.29 is 13.2 Å². The second-order valence-electron chi connectivity index (χ2n) is 7.81. The number of carbonyl (C=O) groups is 1. The van der Waals surface area contributed by atoms with Gasteiger partial charge in [0, 0.05) is 25.2 Å². The Hall–Kier alpha value is -1.75. The number of para-hydroxylation sites is 1. The van der Waals surface area contributed by atoms with Crippen LogP contribution < -0.4 is 4.90 Å². The first-order chi connectivity index (χ1) is 15.7. The zero-order valence-electron chi connectivity index (χ0n) is 19.7. The molecule has 0 bridgehead atoms. The Kier molecular flexibility index (Phi) is 10.3. The van der Waals surface area contributed by atoms with E-state index in [4.69, 9.17) is 11.6 Å². The minimum Gasteiger partial charge on any atom is -0.309 e. The number of halogens is 2. The average molecular weight is 546 g/mol. The first kappa shape index (κ1) is 28.5. The van der Waals surface area contributed by atoms with Crippen LogP contribution in [-0.4, -0.2) is 68.8 Å². The van der Waals surface area contributed by atoms with Crippen LogP contribution in [0.5, 0.6) is 0 Å². The summed E-state index contributed by atoms with van der Waals surface area (Å²) in [4.78, 5) is 22.0. The summed E-state index contributed by atoms with van der Waals surface area (Å²) in [5, 5.41) is 1.11. The first-order valence-corrected chi connectivity index (χ1v) is 13.4. The Bertz CT molecular complexity index is 1210. The second-order valence-corrected chi connectivity index (χ2v) is 11.2. The van der Waals surface area contributed by atoms with Gasteiger partial charge in [-0.3, -0.25) is 9.69 Å². The number of thiazole rings is 1. The largest absolute Gasteiger partial charge is 0.309 e. The molecule has 0 unspecified atom stereocenters. The van der Waals surface area contributed by atoms with Crippen LogP contribution >= 0.6 is 35.3 Å². The molecule has 1 aromatic heterocycles. The minimum absolute atomic E-state index is 0. The van der Waals surface area contributed by atoms with Crippen LogP contribution in [0.15, 0.2) is 47.4 Å². The summed E-state index contributed by atoms with van der Waals surface area (Å²) in [6.45, 7) is 5.67. The molecule has 7 nitrogen and oxygen atoms in total. The maximum atomic E-state index is 13.5. The summed E-state index contributed by atoms with van der Waals surface area (Å²) in [5.41, 5.74) is 1.08. The zero-order valence-corrected chi connectivity index (χ0v) is 22.9. The van der Waals surface area contributed by atoms with E-state index in [2.05, 4.69) is 9.88 Å². The van der Waals surface area contributed by atoms with Crippen molar-refractivity contribution in [3.8, 4) is 0 Å². The maximum absolute atomic E-state index is 13.5. The van der Waals surface area contributed by atoms with E-state index in [1.165, 1.54) is 27.8 Å². The number of benzene rings is 2. The number of rotatable bonds is 10. The van der Waals surface area contributed by atoms with Crippen LogP contribution in [0.3, 0.4) is 0 Å².